The third-order valence-electron chi connectivity index (χ3n) is 3.59. The van der Waals surface area contributed by atoms with Crippen LogP contribution in [-0.2, 0) is 0 Å². The van der Waals surface area contributed by atoms with Crippen molar-refractivity contribution in [2.75, 3.05) is 26.2 Å². The number of amidine groups is 2. The molecule has 0 saturated heterocycles. The van der Waals surface area contributed by atoms with Crippen LogP contribution in [0.4, 0.5) is 0 Å². The van der Waals surface area contributed by atoms with Crippen LogP contribution in [0, 0.1) is 20.2 Å². The first-order valence-corrected chi connectivity index (χ1v) is 11.3. The smallest absolute Gasteiger partial charge is 0.359 e. The minimum Gasteiger partial charge on any atom is -0.400 e. The second kappa shape index (κ2) is 17.0. The molecule has 0 fully saturated rings. The number of nitrogens with two attached hydrogens (primary N) is 2. The van der Waals surface area contributed by atoms with E-state index in [0.29, 0.717) is 35.3 Å². The Morgan fingerprint density at radius 2 is 1.46 bits per heavy atom. The third-order valence-corrected chi connectivity index (χ3v) is 4.57. The van der Waals surface area contributed by atoms with Crippen LogP contribution in [0.25, 0.3) is 0 Å². The van der Waals surface area contributed by atoms with E-state index in [0.717, 1.165) is 15.8 Å². The number of hydrogen-bond acceptors (Lipinski definition) is 11. The van der Waals surface area contributed by atoms with Gasteiger partial charge in [-0.05, 0) is 23.2 Å². The number of hydrogen-bond donors (Lipinski definition) is 2. The Bertz CT molecular complexity index is 1190. The van der Waals surface area contributed by atoms with Crippen LogP contribution in [0.1, 0.15) is 0 Å². The molecule has 0 amide bonds. The van der Waals surface area contributed by atoms with Crippen molar-refractivity contribution in [2.45, 2.75) is 0 Å². The van der Waals surface area contributed by atoms with Crippen LogP contribution in [-0.4, -0.2) is 70.1 Å². The monoisotopic (exact) mass is 592 g/mol. The van der Waals surface area contributed by atoms with Gasteiger partial charge >= 0.3 is 5.84 Å². The molecule has 198 valence electrons. The molecule has 0 spiro atoms. The summed E-state index contributed by atoms with van der Waals surface area (Å²) in [6.07, 6.45) is 11.2. The van der Waals surface area contributed by atoms with Crippen molar-refractivity contribution in [3.8, 4) is 0 Å². The van der Waals surface area contributed by atoms with E-state index in [2.05, 4.69) is 25.1 Å². The van der Waals surface area contributed by atoms with E-state index in [-0.39, 0.29) is 17.5 Å². The van der Waals surface area contributed by atoms with E-state index in [9.17, 15) is 20.2 Å². The summed E-state index contributed by atoms with van der Waals surface area (Å²) in [5.41, 5.74) is 11.3. The molecule has 0 saturated carbocycles. The summed E-state index contributed by atoms with van der Waals surface area (Å²) in [5.74, 6) is 0.380. The van der Waals surface area contributed by atoms with Gasteiger partial charge in [0, 0.05) is 44.1 Å². The predicted octanol–water partition coefficient (Wildman–Crippen LogP) is 2.96. The minimum atomic E-state index is -0.706. The van der Waals surface area contributed by atoms with Gasteiger partial charge in [0.2, 0.25) is 5.15 Å². The highest BCUT2D eigenvalue weighted by molar-refractivity contribution is 6.32. The molecule has 0 radical (unpaired) electrons. The van der Waals surface area contributed by atoms with Crippen LogP contribution < -0.4 is 11.5 Å². The van der Waals surface area contributed by atoms with Gasteiger partial charge in [0.1, 0.15) is 5.84 Å². The van der Waals surface area contributed by atoms with Crippen molar-refractivity contribution in [1.82, 2.24) is 9.89 Å². The first kappa shape index (κ1) is 31.4. The summed E-state index contributed by atoms with van der Waals surface area (Å²) in [5, 5.41) is 24.4. The Kier molecular flexibility index (Phi) is 14.4. The number of rotatable bonds is 1. The molecule has 1 aromatic heterocycles. The van der Waals surface area contributed by atoms with Gasteiger partial charge < -0.3 is 31.7 Å². The molecule has 4 aliphatic rings. The zero-order chi connectivity index (χ0) is 27.8. The van der Waals surface area contributed by atoms with E-state index in [1.807, 2.05) is 0 Å². The van der Waals surface area contributed by atoms with Gasteiger partial charge in [-0.1, -0.05) is 51.4 Å². The van der Waals surface area contributed by atoms with Gasteiger partial charge in [-0.25, -0.2) is 0 Å². The molecular weight excluding hydrogens is 574 g/mol. The van der Waals surface area contributed by atoms with Gasteiger partial charge in [0.15, 0.2) is 12.7 Å². The van der Waals surface area contributed by atoms with Gasteiger partial charge in [0.05, 0.1) is 35.8 Å². The molecule has 5 heterocycles. The number of aromatic nitrogens is 2. The molecule has 4 aliphatic heterocycles. The van der Waals surface area contributed by atoms with Gasteiger partial charge in [-0.2, -0.15) is 0 Å². The lowest BCUT2D eigenvalue weighted by atomic mass is 10.5. The van der Waals surface area contributed by atoms with Crippen LogP contribution in [0.5, 0.6) is 0 Å². The standard InChI is InChI=1S/C4H3ClN2O2.C4H5ClN2.C4H4ClN.C4H6N2.C3H2ClN3O2/c5-3-1-4(6-2-3)7(8)9;5-3-1-4(6)7-2-3;2*5-4-1-2-6-3-4;4-3-1-2-5-6(3)7(8)9/h1H,2H2;1H,2H2,(H2,6,7);1-2H,3H2;1-2H,3,5H2;1-2H. The summed E-state index contributed by atoms with van der Waals surface area (Å²) in [6.45, 7) is 2.19. The van der Waals surface area contributed by atoms with Crippen molar-refractivity contribution in [3.05, 3.63) is 82.7 Å². The summed E-state index contributed by atoms with van der Waals surface area (Å²) >= 11 is 21.6. The highest BCUT2D eigenvalue weighted by atomic mass is 35.5. The van der Waals surface area contributed by atoms with Gasteiger partial charge in [-0.3, -0.25) is 15.0 Å². The molecule has 0 aliphatic carbocycles. The van der Waals surface area contributed by atoms with Crippen molar-refractivity contribution in [2.24, 2.45) is 31.4 Å². The van der Waals surface area contributed by atoms with E-state index in [1.165, 1.54) is 18.3 Å². The molecule has 14 nitrogen and oxygen atoms in total. The largest absolute Gasteiger partial charge is 0.400 e. The average molecular weight is 594 g/mol. The molecule has 0 aromatic carbocycles. The van der Waals surface area contributed by atoms with E-state index >= 15 is 0 Å². The zero-order valence-corrected chi connectivity index (χ0v) is 21.8. The molecule has 0 bridgehead atoms. The van der Waals surface area contributed by atoms with Gasteiger partial charge in [-0.15, -0.1) is 0 Å². The van der Waals surface area contributed by atoms with E-state index in [4.69, 9.17) is 57.9 Å². The summed E-state index contributed by atoms with van der Waals surface area (Å²) in [4.78, 5) is 34.7. The second-order valence-corrected chi connectivity index (χ2v) is 8.31. The SMILES string of the molecule is ClC1=CC=NC1.NC1=CC=NC1.NC1=NCC(Cl)=C1.O=[N+]([O-])C1=NCC(Cl)=C1.O=[N+]([O-])n1nccc1Cl. The van der Waals surface area contributed by atoms with Crippen molar-refractivity contribution < 1.29 is 9.96 Å². The minimum absolute atomic E-state index is 0.000000000000000444. The summed E-state index contributed by atoms with van der Waals surface area (Å²) < 4.78 is 0. The fourth-order valence-corrected chi connectivity index (χ4v) is 2.62. The van der Waals surface area contributed by atoms with Crippen LogP contribution in [0.2, 0.25) is 5.15 Å². The Hall–Kier alpha value is -3.59. The van der Waals surface area contributed by atoms with E-state index in [1.54, 1.807) is 30.7 Å². The first-order chi connectivity index (χ1) is 17.5. The normalized spacial score (nSPS) is 16.0. The molecule has 37 heavy (non-hydrogen) atoms. The maximum absolute atomic E-state index is 9.92. The Morgan fingerprint density at radius 1 is 0.838 bits per heavy atom. The molecule has 0 atom stereocenters. The van der Waals surface area contributed by atoms with Crippen molar-refractivity contribution in [1.29, 1.82) is 0 Å². The van der Waals surface area contributed by atoms with Crippen molar-refractivity contribution >= 4 is 70.5 Å². The lowest BCUT2D eigenvalue weighted by molar-refractivity contribution is -0.552. The Labute approximate surface area is 230 Å². The lowest BCUT2D eigenvalue weighted by Crippen LogP contribution is -2.09. The topological polar surface area (TPSA) is 206 Å². The summed E-state index contributed by atoms with van der Waals surface area (Å²) in [7, 11) is 0. The highest BCUT2D eigenvalue weighted by Crippen LogP contribution is 2.09. The fraction of sp³-hybridized carbons (Fsp3) is 0.211. The first-order valence-electron chi connectivity index (χ1n) is 9.83. The number of nitro groups is 2. The molecule has 5 rings (SSSR count). The molecule has 18 heteroatoms. The second-order valence-electron chi connectivity index (χ2n) is 6.47. The third kappa shape index (κ3) is 13.9. The number of aliphatic imine (C=N–C) groups is 4. The van der Waals surface area contributed by atoms with Crippen LogP contribution in [0.3, 0.4) is 0 Å². The molecular formula is C19H20Cl4N10O4. The molecule has 4 N–H and O–H groups in total. The number of allylic oxidation sites excluding steroid dienone is 2. The maximum atomic E-state index is 9.92. The number of nitrogens with zero attached hydrogens (tertiary/aromatic N) is 8. The predicted molar refractivity (Wildman–Crippen MR) is 146 cm³/mol. The Morgan fingerprint density at radius 3 is 1.65 bits per heavy atom. The summed E-state index contributed by atoms with van der Waals surface area (Å²) in [6, 6.07) is 1.34. The maximum Gasteiger partial charge on any atom is 0.359 e. The highest BCUT2D eigenvalue weighted by Gasteiger charge is 2.16. The molecule has 0 unspecified atom stereocenters. The molecule has 1 aromatic rings. The van der Waals surface area contributed by atoms with Gasteiger partial charge in [0.25, 0.3) is 0 Å². The fourth-order valence-electron chi connectivity index (χ4n) is 2.00. The average Bonchev–Trinajstić information content (AvgIpc) is 3.65. The van der Waals surface area contributed by atoms with Crippen LogP contribution >= 0.6 is 46.4 Å². The Balaban J connectivity index is 0.000000234. The lowest BCUT2D eigenvalue weighted by Gasteiger charge is -1.89. The van der Waals surface area contributed by atoms with Crippen LogP contribution in [0.15, 0.2) is 77.3 Å². The van der Waals surface area contributed by atoms with E-state index < -0.39 is 9.96 Å². The quantitative estimate of drug-likeness (QED) is 0.367. The number of halogens is 4. The zero-order valence-electron chi connectivity index (χ0n) is 18.8. The van der Waals surface area contributed by atoms with Crippen molar-refractivity contribution in [3.63, 3.8) is 0 Å².